The van der Waals surface area contributed by atoms with Crippen LogP contribution in [-0.2, 0) is 24.3 Å². The molecule has 1 aliphatic rings. The van der Waals surface area contributed by atoms with Crippen molar-refractivity contribution >= 4 is 5.91 Å². The molecule has 0 radical (unpaired) electrons. The normalized spacial score (nSPS) is 17.6. The lowest BCUT2D eigenvalue weighted by molar-refractivity contribution is -0.132. The van der Waals surface area contributed by atoms with E-state index in [9.17, 15) is 4.79 Å². The van der Waals surface area contributed by atoms with E-state index in [1.807, 2.05) is 18.2 Å². The third-order valence-electron chi connectivity index (χ3n) is 3.53. The van der Waals surface area contributed by atoms with Crippen molar-refractivity contribution in [2.24, 2.45) is 0 Å². The summed E-state index contributed by atoms with van der Waals surface area (Å²) in [5.74, 6) is 0.0734. The fourth-order valence-electron chi connectivity index (χ4n) is 2.42. The molecule has 0 saturated heterocycles. The summed E-state index contributed by atoms with van der Waals surface area (Å²) in [4.78, 5) is 25.7. The van der Waals surface area contributed by atoms with Gasteiger partial charge in [0.2, 0.25) is 5.91 Å². The first-order valence-electron chi connectivity index (χ1n) is 6.63. The predicted octanol–water partition coefficient (Wildman–Crippen LogP) is 0.478. The van der Waals surface area contributed by atoms with Gasteiger partial charge in [-0.25, -0.2) is 4.98 Å². The van der Waals surface area contributed by atoms with Gasteiger partial charge in [0.1, 0.15) is 0 Å². The predicted molar refractivity (Wildman–Crippen MR) is 73.6 cm³/mol. The number of amides is 1. The lowest BCUT2D eigenvalue weighted by Gasteiger charge is -2.26. The number of aromatic nitrogens is 3. The van der Waals surface area contributed by atoms with Gasteiger partial charge >= 0.3 is 0 Å². The van der Waals surface area contributed by atoms with Gasteiger partial charge in [0.05, 0.1) is 36.0 Å². The monoisotopic (exact) mass is 271 g/mol. The van der Waals surface area contributed by atoms with E-state index in [0.29, 0.717) is 19.5 Å². The number of pyridine rings is 1. The van der Waals surface area contributed by atoms with E-state index < -0.39 is 0 Å². The van der Waals surface area contributed by atoms with Crippen LogP contribution < -0.4 is 5.32 Å². The first-order valence-corrected chi connectivity index (χ1v) is 6.63. The molecule has 0 saturated carbocycles. The maximum Gasteiger partial charge on any atom is 0.240 e. The molecule has 0 aliphatic carbocycles. The molecular formula is C14H17N5O. The van der Waals surface area contributed by atoms with Gasteiger partial charge in [-0.1, -0.05) is 6.07 Å². The van der Waals surface area contributed by atoms with Crippen LogP contribution in [0.2, 0.25) is 0 Å². The standard InChI is InChI=1S/C14H17N5O/c1-19(8-10-4-2-3-5-15-10)14(20)12-6-11-13(7-16-12)18-9-17-11/h2-5,9,12,16H,6-8H2,1H3,(H,17,18). The summed E-state index contributed by atoms with van der Waals surface area (Å²) in [6.07, 6.45) is 4.05. The Hall–Kier alpha value is -2.21. The van der Waals surface area contributed by atoms with Gasteiger partial charge in [-0.3, -0.25) is 15.1 Å². The van der Waals surface area contributed by atoms with Crippen LogP contribution in [0.3, 0.4) is 0 Å². The van der Waals surface area contributed by atoms with E-state index in [2.05, 4.69) is 20.3 Å². The quantitative estimate of drug-likeness (QED) is 0.851. The van der Waals surface area contributed by atoms with Gasteiger partial charge in [0.15, 0.2) is 0 Å². The van der Waals surface area contributed by atoms with Crippen LogP contribution in [0, 0.1) is 0 Å². The molecule has 2 N–H and O–H groups in total. The van der Waals surface area contributed by atoms with Gasteiger partial charge in [0, 0.05) is 26.2 Å². The Morgan fingerprint density at radius 3 is 3.15 bits per heavy atom. The smallest absolute Gasteiger partial charge is 0.240 e. The van der Waals surface area contributed by atoms with Crippen molar-refractivity contribution in [3.05, 3.63) is 47.8 Å². The second-order valence-electron chi connectivity index (χ2n) is 4.98. The number of fused-ring (bicyclic) bond motifs is 1. The highest BCUT2D eigenvalue weighted by atomic mass is 16.2. The number of nitrogens with zero attached hydrogens (tertiary/aromatic N) is 3. The number of nitrogens with one attached hydrogen (secondary N) is 2. The summed E-state index contributed by atoms with van der Waals surface area (Å²) < 4.78 is 0. The minimum absolute atomic E-state index is 0.0734. The molecule has 0 spiro atoms. The summed E-state index contributed by atoms with van der Waals surface area (Å²) in [5.41, 5.74) is 2.94. The minimum Gasteiger partial charge on any atom is -0.347 e. The van der Waals surface area contributed by atoms with Gasteiger partial charge in [-0.15, -0.1) is 0 Å². The molecule has 3 heterocycles. The maximum atomic E-state index is 12.4. The average molecular weight is 271 g/mol. The summed E-state index contributed by atoms with van der Waals surface area (Å²) >= 11 is 0. The highest BCUT2D eigenvalue weighted by molar-refractivity contribution is 5.82. The van der Waals surface area contributed by atoms with Crippen LogP contribution in [0.5, 0.6) is 0 Å². The number of rotatable bonds is 3. The fraction of sp³-hybridized carbons (Fsp3) is 0.357. The SMILES string of the molecule is CN(Cc1ccccn1)C(=O)C1Cc2nc[nH]c2CN1. The van der Waals surface area contributed by atoms with Crippen molar-refractivity contribution in [1.82, 2.24) is 25.2 Å². The molecule has 1 unspecified atom stereocenters. The Morgan fingerprint density at radius 2 is 2.35 bits per heavy atom. The number of imidazole rings is 1. The van der Waals surface area contributed by atoms with E-state index in [4.69, 9.17) is 0 Å². The zero-order chi connectivity index (χ0) is 13.9. The highest BCUT2D eigenvalue weighted by Gasteiger charge is 2.27. The molecule has 1 aliphatic heterocycles. The minimum atomic E-state index is -0.209. The molecule has 1 atom stereocenters. The number of hydrogen-bond donors (Lipinski definition) is 2. The van der Waals surface area contributed by atoms with E-state index in [1.54, 1.807) is 24.5 Å². The number of carbonyl (C=O) groups excluding carboxylic acids is 1. The maximum absolute atomic E-state index is 12.4. The molecule has 6 heteroatoms. The van der Waals surface area contributed by atoms with E-state index in [0.717, 1.165) is 17.1 Å². The molecule has 2 aromatic heterocycles. The molecule has 20 heavy (non-hydrogen) atoms. The first-order chi connectivity index (χ1) is 9.74. The zero-order valence-corrected chi connectivity index (χ0v) is 11.3. The van der Waals surface area contributed by atoms with Gasteiger partial charge in [-0.05, 0) is 12.1 Å². The number of likely N-dealkylation sites (N-methyl/N-ethyl adjacent to an activating group) is 1. The van der Waals surface area contributed by atoms with Crippen LogP contribution >= 0.6 is 0 Å². The second kappa shape index (κ2) is 5.42. The van der Waals surface area contributed by atoms with Crippen LogP contribution in [0.25, 0.3) is 0 Å². The van der Waals surface area contributed by atoms with Gasteiger partial charge in [-0.2, -0.15) is 0 Å². The third kappa shape index (κ3) is 2.55. The molecule has 104 valence electrons. The molecule has 0 fully saturated rings. The summed E-state index contributed by atoms with van der Waals surface area (Å²) in [6, 6.07) is 5.51. The molecule has 2 aromatic rings. The van der Waals surface area contributed by atoms with Crippen molar-refractivity contribution in [1.29, 1.82) is 0 Å². The van der Waals surface area contributed by atoms with Crippen LogP contribution in [0.1, 0.15) is 17.1 Å². The number of aromatic amines is 1. The molecular weight excluding hydrogens is 254 g/mol. The van der Waals surface area contributed by atoms with Crippen LogP contribution in [-0.4, -0.2) is 38.8 Å². The fourth-order valence-corrected chi connectivity index (χ4v) is 2.42. The van der Waals surface area contributed by atoms with E-state index in [1.165, 1.54) is 0 Å². The topological polar surface area (TPSA) is 73.9 Å². The lowest BCUT2D eigenvalue weighted by atomic mass is 10.0. The van der Waals surface area contributed by atoms with E-state index in [-0.39, 0.29) is 11.9 Å². The molecule has 3 rings (SSSR count). The Labute approximate surface area is 117 Å². The Kier molecular flexibility index (Phi) is 3.47. The zero-order valence-electron chi connectivity index (χ0n) is 11.3. The van der Waals surface area contributed by atoms with E-state index >= 15 is 0 Å². The Balaban J connectivity index is 1.64. The lowest BCUT2D eigenvalue weighted by Crippen LogP contribution is -2.48. The van der Waals surface area contributed by atoms with Crippen LogP contribution in [0.4, 0.5) is 0 Å². The molecule has 6 nitrogen and oxygen atoms in total. The van der Waals surface area contributed by atoms with Crippen molar-refractivity contribution in [2.45, 2.75) is 25.6 Å². The Morgan fingerprint density at radius 1 is 1.45 bits per heavy atom. The van der Waals surface area contributed by atoms with Crippen LogP contribution in [0.15, 0.2) is 30.7 Å². The largest absolute Gasteiger partial charge is 0.347 e. The number of H-pyrrole nitrogens is 1. The summed E-state index contributed by atoms with van der Waals surface area (Å²) in [7, 11) is 1.80. The molecule has 1 amide bonds. The van der Waals surface area contributed by atoms with Crippen molar-refractivity contribution in [3.8, 4) is 0 Å². The molecule has 0 aromatic carbocycles. The second-order valence-corrected chi connectivity index (χ2v) is 4.98. The van der Waals surface area contributed by atoms with Gasteiger partial charge < -0.3 is 9.88 Å². The summed E-state index contributed by atoms with van der Waals surface area (Å²) in [6.45, 7) is 1.18. The van der Waals surface area contributed by atoms with Gasteiger partial charge in [0.25, 0.3) is 0 Å². The van der Waals surface area contributed by atoms with Crippen molar-refractivity contribution in [3.63, 3.8) is 0 Å². The number of carbonyl (C=O) groups is 1. The van der Waals surface area contributed by atoms with Crippen molar-refractivity contribution < 1.29 is 4.79 Å². The highest BCUT2D eigenvalue weighted by Crippen LogP contribution is 2.14. The average Bonchev–Trinajstić information content (AvgIpc) is 2.94. The molecule has 0 bridgehead atoms. The summed E-state index contributed by atoms with van der Waals surface area (Å²) in [5, 5.41) is 3.24. The number of hydrogen-bond acceptors (Lipinski definition) is 4. The Bertz CT molecular complexity index is 595. The third-order valence-corrected chi connectivity index (χ3v) is 3.53. The first kappa shape index (κ1) is 12.8. The van der Waals surface area contributed by atoms with Crippen molar-refractivity contribution in [2.75, 3.05) is 7.05 Å².